The van der Waals surface area contributed by atoms with E-state index in [4.69, 9.17) is 4.74 Å². The molecule has 0 aliphatic carbocycles. The quantitative estimate of drug-likeness (QED) is 0.491. The second-order valence-corrected chi connectivity index (χ2v) is 4.09. The van der Waals surface area contributed by atoms with Crippen molar-refractivity contribution in [3.63, 3.8) is 0 Å². The molecule has 0 saturated heterocycles. The molecule has 0 amide bonds. The van der Waals surface area contributed by atoms with E-state index in [0.717, 1.165) is 10.2 Å². The van der Waals surface area contributed by atoms with Crippen LogP contribution in [-0.4, -0.2) is 27.5 Å². The summed E-state index contributed by atoms with van der Waals surface area (Å²) in [6.07, 6.45) is 0.448. The maximum atomic E-state index is 11.3. The zero-order valence-corrected chi connectivity index (χ0v) is 11.2. The number of phenols is 1. The first kappa shape index (κ1) is 10.5. The molecular weight excluding hydrogens is 299 g/mol. The maximum Gasteiger partial charge on any atom is 0.342 e. The lowest BCUT2D eigenvalue weighted by atomic mass is 10.2. The summed E-state index contributed by atoms with van der Waals surface area (Å²) in [5, 5.41) is 9.39. The number of benzene rings is 1. The standard InChI is InChI=1S/C8H9IO3Si/c9-5-2-1-3-6(10)7(5)8(11)12-4-13/h1-3,10H,4H2,13H3. The second kappa shape index (κ2) is 4.61. The number of hydrogen-bond acceptors (Lipinski definition) is 3. The molecule has 3 nitrogen and oxygen atoms in total. The van der Waals surface area contributed by atoms with Crippen molar-refractivity contribution in [1.82, 2.24) is 0 Å². The average Bonchev–Trinajstić information content (AvgIpc) is 2.04. The van der Waals surface area contributed by atoms with Crippen molar-refractivity contribution in [1.29, 1.82) is 0 Å². The van der Waals surface area contributed by atoms with Gasteiger partial charge in [0.1, 0.15) is 11.3 Å². The van der Waals surface area contributed by atoms with E-state index in [1.807, 2.05) is 22.6 Å². The Balaban J connectivity index is 3.05. The number of hydrogen-bond donors (Lipinski definition) is 1. The molecule has 0 atom stereocenters. The van der Waals surface area contributed by atoms with E-state index in [-0.39, 0.29) is 11.3 Å². The minimum atomic E-state index is -0.447. The highest BCUT2D eigenvalue weighted by molar-refractivity contribution is 14.1. The van der Waals surface area contributed by atoms with Gasteiger partial charge in [-0.25, -0.2) is 4.79 Å². The Morgan fingerprint density at radius 3 is 2.85 bits per heavy atom. The number of rotatable bonds is 2. The number of halogens is 1. The van der Waals surface area contributed by atoms with Gasteiger partial charge in [-0.2, -0.15) is 0 Å². The largest absolute Gasteiger partial charge is 0.507 e. The van der Waals surface area contributed by atoms with Gasteiger partial charge in [0.15, 0.2) is 0 Å². The van der Waals surface area contributed by atoms with Gasteiger partial charge in [-0.05, 0) is 34.7 Å². The molecule has 0 saturated carbocycles. The third kappa shape index (κ3) is 2.44. The number of ether oxygens (including phenoxy) is 1. The van der Waals surface area contributed by atoms with E-state index < -0.39 is 5.97 Å². The number of esters is 1. The molecule has 0 spiro atoms. The van der Waals surface area contributed by atoms with Crippen LogP contribution in [0.2, 0.25) is 0 Å². The SMILES string of the molecule is O=C(OC[SiH3])c1c(O)cccc1I. The van der Waals surface area contributed by atoms with Crippen LogP contribution in [0.5, 0.6) is 5.75 Å². The van der Waals surface area contributed by atoms with Gasteiger partial charge in [-0.1, -0.05) is 6.07 Å². The Morgan fingerprint density at radius 2 is 2.31 bits per heavy atom. The summed E-state index contributed by atoms with van der Waals surface area (Å²) >= 11 is 1.99. The van der Waals surface area contributed by atoms with E-state index in [2.05, 4.69) is 0 Å². The summed E-state index contributed by atoms with van der Waals surface area (Å²) in [5.74, 6) is -0.468. The van der Waals surface area contributed by atoms with Crippen LogP contribution in [0.15, 0.2) is 18.2 Å². The molecule has 0 radical (unpaired) electrons. The first-order valence-electron chi connectivity index (χ1n) is 3.81. The molecular formula is C8H9IO3Si. The summed E-state index contributed by atoms with van der Waals surface area (Å²) in [7, 11) is 0.807. The maximum absolute atomic E-state index is 11.3. The van der Waals surface area contributed by atoms with Gasteiger partial charge in [0.2, 0.25) is 0 Å². The van der Waals surface area contributed by atoms with Crippen molar-refractivity contribution in [3.8, 4) is 5.75 Å². The van der Waals surface area contributed by atoms with Crippen molar-refractivity contribution in [3.05, 3.63) is 27.3 Å². The first-order valence-corrected chi connectivity index (χ1v) is 6.30. The van der Waals surface area contributed by atoms with E-state index >= 15 is 0 Å². The Kier molecular flexibility index (Phi) is 3.73. The molecule has 0 aliphatic rings. The molecule has 70 valence electrons. The summed E-state index contributed by atoms with van der Waals surface area (Å²) in [5.41, 5.74) is 0.263. The number of phenolic OH excluding ortho intramolecular Hbond substituents is 1. The van der Waals surface area contributed by atoms with E-state index in [0.29, 0.717) is 9.80 Å². The summed E-state index contributed by atoms with van der Waals surface area (Å²) < 4.78 is 5.55. The molecule has 5 heteroatoms. The topological polar surface area (TPSA) is 46.5 Å². The van der Waals surface area contributed by atoms with Gasteiger partial charge in [-0.3, -0.25) is 0 Å². The van der Waals surface area contributed by atoms with Gasteiger partial charge < -0.3 is 9.84 Å². The highest BCUT2D eigenvalue weighted by Crippen LogP contribution is 2.23. The fourth-order valence-corrected chi connectivity index (χ4v) is 1.88. The van der Waals surface area contributed by atoms with Crippen molar-refractivity contribution in [2.45, 2.75) is 0 Å². The van der Waals surface area contributed by atoms with Crippen LogP contribution in [0.4, 0.5) is 0 Å². The molecule has 1 aromatic carbocycles. The van der Waals surface area contributed by atoms with Crippen LogP contribution in [-0.2, 0) is 4.74 Å². The van der Waals surface area contributed by atoms with E-state index in [9.17, 15) is 9.90 Å². The molecule has 0 bridgehead atoms. The number of carbonyl (C=O) groups excluding carboxylic acids is 1. The number of carbonyl (C=O) groups is 1. The molecule has 1 rings (SSSR count). The Morgan fingerprint density at radius 1 is 1.62 bits per heavy atom. The molecule has 0 aromatic heterocycles. The fraction of sp³-hybridized carbons (Fsp3) is 0.125. The lowest BCUT2D eigenvalue weighted by molar-refractivity contribution is 0.0569. The highest BCUT2D eigenvalue weighted by Gasteiger charge is 2.15. The Labute approximate surface area is 92.7 Å². The zero-order chi connectivity index (χ0) is 9.84. The van der Waals surface area contributed by atoms with Crippen molar-refractivity contribution >= 4 is 38.8 Å². The first-order chi connectivity index (χ1) is 6.16. The lowest BCUT2D eigenvalue weighted by Crippen LogP contribution is -2.08. The van der Waals surface area contributed by atoms with Gasteiger partial charge in [0, 0.05) is 3.57 Å². The van der Waals surface area contributed by atoms with Crippen LogP contribution in [0, 0.1) is 3.57 Å². The van der Waals surface area contributed by atoms with Gasteiger partial charge in [-0.15, -0.1) is 0 Å². The molecule has 0 heterocycles. The minimum absolute atomic E-state index is 0.0213. The smallest absolute Gasteiger partial charge is 0.342 e. The summed E-state index contributed by atoms with van der Waals surface area (Å²) in [6, 6.07) is 4.92. The lowest BCUT2D eigenvalue weighted by Gasteiger charge is -2.05. The van der Waals surface area contributed by atoms with Crippen LogP contribution < -0.4 is 0 Å². The highest BCUT2D eigenvalue weighted by atomic mass is 127. The van der Waals surface area contributed by atoms with Gasteiger partial charge >= 0.3 is 5.97 Å². The molecule has 0 fully saturated rings. The van der Waals surface area contributed by atoms with E-state index in [1.165, 1.54) is 6.07 Å². The fourth-order valence-electron chi connectivity index (χ4n) is 0.918. The third-order valence-electron chi connectivity index (χ3n) is 1.47. The van der Waals surface area contributed by atoms with Crippen molar-refractivity contribution in [2.24, 2.45) is 0 Å². The van der Waals surface area contributed by atoms with Crippen LogP contribution in [0.25, 0.3) is 0 Å². The van der Waals surface area contributed by atoms with Crippen molar-refractivity contribution in [2.75, 3.05) is 6.23 Å². The monoisotopic (exact) mass is 308 g/mol. The van der Waals surface area contributed by atoms with Crippen LogP contribution in [0.1, 0.15) is 10.4 Å². The average molecular weight is 308 g/mol. The summed E-state index contributed by atoms with van der Waals surface area (Å²) in [6.45, 7) is 0. The van der Waals surface area contributed by atoms with Crippen molar-refractivity contribution < 1.29 is 14.6 Å². The second-order valence-electron chi connectivity index (χ2n) is 2.35. The minimum Gasteiger partial charge on any atom is -0.507 e. The van der Waals surface area contributed by atoms with Crippen LogP contribution >= 0.6 is 22.6 Å². The van der Waals surface area contributed by atoms with Crippen LogP contribution in [0.3, 0.4) is 0 Å². The molecule has 0 unspecified atom stereocenters. The Hall–Kier alpha value is -0.563. The van der Waals surface area contributed by atoms with Gasteiger partial charge in [0.25, 0.3) is 0 Å². The van der Waals surface area contributed by atoms with Gasteiger partial charge in [0.05, 0.1) is 16.5 Å². The third-order valence-corrected chi connectivity index (χ3v) is 2.66. The summed E-state index contributed by atoms with van der Waals surface area (Å²) in [4.78, 5) is 11.3. The number of aromatic hydroxyl groups is 1. The molecule has 13 heavy (non-hydrogen) atoms. The predicted molar refractivity (Wildman–Crippen MR) is 61.0 cm³/mol. The molecule has 1 aromatic rings. The molecule has 1 N–H and O–H groups in total. The zero-order valence-electron chi connectivity index (χ0n) is 7.08. The van der Waals surface area contributed by atoms with E-state index in [1.54, 1.807) is 12.1 Å². The normalized spacial score (nSPS) is 9.92. The molecule has 0 aliphatic heterocycles. The predicted octanol–water partition coefficient (Wildman–Crippen LogP) is 0.476. The Bertz CT molecular complexity index is 307.